The van der Waals surface area contributed by atoms with Gasteiger partial charge in [-0.05, 0) is 45.0 Å². The van der Waals surface area contributed by atoms with Crippen molar-refractivity contribution in [3.8, 4) is 0 Å². The lowest BCUT2D eigenvalue weighted by Crippen LogP contribution is -2.51. The van der Waals surface area contributed by atoms with E-state index in [0.29, 0.717) is 30.1 Å². The molecule has 2 amide bonds. The summed E-state index contributed by atoms with van der Waals surface area (Å²) in [6.45, 7) is 5.42. The number of amides is 2. The van der Waals surface area contributed by atoms with Gasteiger partial charge in [0.15, 0.2) is 0 Å². The van der Waals surface area contributed by atoms with Crippen molar-refractivity contribution in [1.82, 2.24) is 15.1 Å². The molecule has 1 aromatic carbocycles. The number of likely N-dealkylation sites (N-methyl/N-ethyl adjacent to an activating group) is 1. The highest BCUT2D eigenvalue weighted by Gasteiger charge is 2.23. The number of rotatable bonds is 11. The molecule has 0 bridgehead atoms. The topological polar surface area (TPSA) is 81.8 Å². The van der Waals surface area contributed by atoms with Crippen LogP contribution in [-0.4, -0.2) is 73.2 Å². The lowest BCUT2D eigenvalue weighted by molar-refractivity contribution is -0.127. The molecule has 166 valence electrons. The van der Waals surface area contributed by atoms with Crippen LogP contribution in [0.25, 0.3) is 0 Å². The van der Waals surface area contributed by atoms with Gasteiger partial charge in [0.25, 0.3) is 0 Å². The van der Waals surface area contributed by atoms with Crippen molar-refractivity contribution in [1.29, 1.82) is 0 Å². The summed E-state index contributed by atoms with van der Waals surface area (Å²) in [4.78, 5) is 40.8. The van der Waals surface area contributed by atoms with Crippen LogP contribution in [0.1, 0.15) is 39.0 Å². The first-order valence-corrected chi connectivity index (χ1v) is 11.0. The maximum atomic E-state index is 12.8. The first kappa shape index (κ1) is 24.3. The third-order valence-electron chi connectivity index (χ3n) is 5.23. The highest BCUT2D eigenvalue weighted by Crippen LogP contribution is 2.16. The Hall–Kier alpha value is -1.96. The minimum Gasteiger partial charge on any atom is -0.343 e. The Balaban J connectivity index is 1.90. The molecule has 7 nitrogen and oxygen atoms in total. The Kier molecular flexibility index (Phi) is 10.3. The van der Waals surface area contributed by atoms with Crippen molar-refractivity contribution in [3.05, 3.63) is 29.3 Å². The van der Waals surface area contributed by atoms with Gasteiger partial charge in [0.05, 0.1) is 6.54 Å². The molecule has 1 aromatic rings. The van der Waals surface area contributed by atoms with Gasteiger partial charge in [0.1, 0.15) is 11.8 Å². The number of nitrogens with zero attached hydrogens (tertiary/aromatic N) is 2. The predicted molar refractivity (Wildman–Crippen MR) is 120 cm³/mol. The molecule has 30 heavy (non-hydrogen) atoms. The number of unbranched alkanes of at least 4 members (excludes halogenated alkanes) is 2. The summed E-state index contributed by atoms with van der Waals surface area (Å²) in [5.41, 5.74) is 0.599. The van der Waals surface area contributed by atoms with Crippen molar-refractivity contribution >= 4 is 34.9 Å². The SMILES string of the molecule is CC(=O)CCCCC[C@H](NC(=O)CN1CCN(C)CC1)C(=O)Nc1cccc(Cl)c1. The third-order valence-corrected chi connectivity index (χ3v) is 5.46. The fourth-order valence-electron chi connectivity index (χ4n) is 3.41. The van der Waals surface area contributed by atoms with Gasteiger partial charge >= 0.3 is 0 Å². The van der Waals surface area contributed by atoms with Crippen LogP contribution in [-0.2, 0) is 14.4 Å². The minimum atomic E-state index is -0.624. The summed E-state index contributed by atoms with van der Waals surface area (Å²) in [5.74, 6) is -0.226. The summed E-state index contributed by atoms with van der Waals surface area (Å²) >= 11 is 6.00. The molecule has 0 aromatic heterocycles. The number of Topliss-reactive ketones (excluding diaryl/α,β-unsaturated/α-hetero) is 1. The van der Waals surface area contributed by atoms with E-state index >= 15 is 0 Å². The van der Waals surface area contributed by atoms with Gasteiger partial charge in [-0.2, -0.15) is 0 Å². The average molecular weight is 437 g/mol. The maximum absolute atomic E-state index is 12.8. The Morgan fingerprint density at radius 1 is 1.10 bits per heavy atom. The van der Waals surface area contributed by atoms with Crippen molar-refractivity contribution in [2.24, 2.45) is 0 Å². The normalized spacial score (nSPS) is 16.1. The van der Waals surface area contributed by atoms with Gasteiger partial charge in [-0.1, -0.05) is 30.5 Å². The van der Waals surface area contributed by atoms with Gasteiger partial charge in [0, 0.05) is 43.3 Å². The lowest BCUT2D eigenvalue weighted by atomic mass is 10.1. The number of carbonyl (C=O) groups is 3. The lowest BCUT2D eigenvalue weighted by Gasteiger charge is -2.32. The van der Waals surface area contributed by atoms with E-state index in [1.54, 1.807) is 31.2 Å². The summed E-state index contributed by atoms with van der Waals surface area (Å²) in [5, 5.41) is 6.28. The smallest absolute Gasteiger partial charge is 0.246 e. The molecule has 1 fully saturated rings. The molecule has 0 radical (unpaired) electrons. The molecule has 8 heteroatoms. The second-order valence-electron chi connectivity index (χ2n) is 8.00. The van der Waals surface area contributed by atoms with Gasteiger partial charge < -0.3 is 20.3 Å². The molecule has 2 N–H and O–H groups in total. The van der Waals surface area contributed by atoms with Gasteiger partial charge in [-0.3, -0.25) is 14.5 Å². The largest absolute Gasteiger partial charge is 0.343 e. The molecule has 1 aliphatic rings. The summed E-state index contributed by atoms with van der Waals surface area (Å²) < 4.78 is 0. The second kappa shape index (κ2) is 12.7. The predicted octanol–water partition coefficient (Wildman–Crippen LogP) is 2.55. The van der Waals surface area contributed by atoms with Gasteiger partial charge in [-0.25, -0.2) is 0 Å². The number of ketones is 1. The third kappa shape index (κ3) is 9.24. The van der Waals surface area contributed by atoms with Crippen LogP contribution >= 0.6 is 11.6 Å². The highest BCUT2D eigenvalue weighted by molar-refractivity contribution is 6.30. The average Bonchev–Trinajstić information content (AvgIpc) is 2.68. The molecule has 1 atom stereocenters. The standard InChI is InChI=1S/C22H33ClN4O3/c1-17(28)7-4-3-5-10-20(22(30)24-19-9-6-8-18(23)15-19)25-21(29)16-27-13-11-26(2)12-14-27/h6,8-9,15,20H,3-5,7,10-14,16H2,1-2H3,(H,24,30)(H,25,29)/t20-/m0/s1. The molecule has 0 spiro atoms. The molecule has 0 unspecified atom stereocenters. The molecule has 0 aliphatic carbocycles. The Labute approximate surface area is 184 Å². The van der Waals surface area contributed by atoms with Crippen LogP contribution in [0.5, 0.6) is 0 Å². The summed E-state index contributed by atoms with van der Waals surface area (Å²) in [7, 11) is 2.07. The first-order valence-electron chi connectivity index (χ1n) is 10.6. The van der Waals surface area contributed by atoms with Crippen molar-refractivity contribution in [2.45, 2.75) is 45.1 Å². The van der Waals surface area contributed by atoms with Crippen LogP contribution in [0.4, 0.5) is 5.69 Å². The second-order valence-corrected chi connectivity index (χ2v) is 8.44. The molecule has 1 saturated heterocycles. The van der Waals surface area contributed by atoms with E-state index in [2.05, 4.69) is 27.5 Å². The van der Waals surface area contributed by atoms with Gasteiger partial charge in [0.2, 0.25) is 11.8 Å². The number of nitrogens with one attached hydrogen (secondary N) is 2. The minimum absolute atomic E-state index is 0.144. The quantitative estimate of drug-likeness (QED) is 0.521. The fourth-order valence-corrected chi connectivity index (χ4v) is 3.60. The zero-order valence-corrected chi connectivity index (χ0v) is 18.7. The van der Waals surface area contributed by atoms with E-state index in [1.807, 2.05) is 0 Å². The Bertz CT molecular complexity index is 720. The van der Waals surface area contributed by atoms with Crippen molar-refractivity contribution < 1.29 is 14.4 Å². The van der Waals surface area contributed by atoms with E-state index in [4.69, 9.17) is 11.6 Å². The van der Waals surface area contributed by atoms with Crippen LogP contribution in [0, 0.1) is 0 Å². The monoisotopic (exact) mass is 436 g/mol. The zero-order valence-electron chi connectivity index (χ0n) is 18.0. The van der Waals surface area contributed by atoms with E-state index in [1.165, 1.54) is 0 Å². The summed E-state index contributed by atoms with van der Waals surface area (Å²) in [6.07, 6.45) is 3.48. The van der Waals surface area contributed by atoms with E-state index < -0.39 is 6.04 Å². The van der Waals surface area contributed by atoms with Crippen LogP contribution < -0.4 is 10.6 Å². The Morgan fingerprint density at radius 3 is 2.50 bits per heavy atom. The molecular formula is C22H33ClN4O3. The number of carbonyl (C=O) groups excluding carboxylic acids is 3. The van der Waals surface area contributed by atoms with Gasteiger partial charge in [-0.15, -0.1) is 0 Å². The maximum Gasteiger partial charge on any atom is 0.246 e. The van der Waals surface area contributed by atoms with E-state index in [9.17, 15) is 14.4 Å². The summed E-state index contributed by atoms with van der Waals surface area (Å²) in [6, 6.07) is 6.32. The number of hydrogen-bond acceptors (Lipinski definition) is 5. The number of anilines is 1. The van der Waals surface area contributed by atoms with E-state index in [-0.39, 0.29) is 17.6 Å². The van der Waals surface area contributed by atoms with Crippen LogP contribution in [0.15, 0.2) is 24.3 Å². The van der Waals surface area contributed by atoms with E-state index in [0.717, 1.165) is 45.4 Å². The van der Waals surface area contributed by atoms with Crippen LogP contribution in [0.2, 0.25) is 5.02 Å². The highest BCUT2D eigenvalue weighted by atomic mass is 35.5. The molecule has 0 saturated carbocycles. The number of piperazine rings is 1. The first-order chi connectivity index (χ1) is 14.3. The number of halogens is 1. The molecular weight excluding hydrogens is 404 g/mol. The Morgan fingerprint density at radius 2 is 1.83 bits per heavy atom. The van der Waals surface area contributed by atoms with Crippen LogP contribution in [0.3, 0.4) is 0 Å². The molecule has 1 heterocycles. The van der Waals surface area contributed by atoms with Crippen molar-refractivity contribution in [2.75, 3.05) is 45.1 Å². The fraction of sp³-hybridized carbons (Fsp3) is 0.591. The number of hydrogen-bond donors (Lipinski definition) is 2. The number of benzene rings is 1. The molecule has 1 aliphatic heterocycles. The zero-order chi connectivity index (χ0) is 21.9. The van der Waals surface area contributed by atoms with Crippen molar-refractivity contribution in [3.63, 3.8) is 0 Å². The molecule has 2 rings (SSSR count).